The Kier molecular flexibility index (Phi) is 3.79. The van der Waals surface area contributed by atoms with Crippen molar-refractivity contribution in [3.8, 4) is 0 Å². The number of rotatable bonds is 5. The Morgan fingerprint density at radius 1 is 0.769 bits per heavy atom. The van der Waals surface area contributed by atoms with E-state index in [-0.39, 0.29) is 0 Å². The van der Waals surface area contributed by atoms with Gasteiger partial charge in [-0.15, -0.1) is 11.3 Å². The summed E-state index contributed by atoms with van der Waals surface area (Å²) in [7, 11) is 0. The first-order chi connectivity index (χ1) is 12.7. The van der Waals surface area contributed by atoms with Crippen LogP contribution in [0.2, 0.25) is 0 Å². The van der Waals surface area contributed by atoms with Crippen molar-refractivity contribution >= 4 is 53.4 Å². The number of aryl methyl sites for hydroxylation is 2. The molecule has 2 aromatic carbocycles. The van der Waals surface area contributed by atoms with E-state index in [9.17, 15) is 0 Å². The zero-order valence-electron chi connectivity index (χ0n) is 15.2. The number of thiophene rings is 1. The van der Waals surface area contributed by atoms with Gasteiger partial charge in [-0.25, -0.2) is 0 Å². The Hall–Kier alpha value is -2.26. The molecule has 3 heteroatoms. The van der Waals surface area contributed by atoms with E-state index >= 15 is 0 Å². The maximum absolute atomic E-state index is 6.12. The van der Waals surface area contributed by atoms with Crippen molar-refractivity contribution in [1.82, 2.24) is 0 Å². The number of hydrogen-bond donors (Lipinski definition) is 0. The van der Waals surface area contributed by atoms with Crippen LogP contribution in [0.15, 0.2) is 45.2 Å². The minimum atomic E-state index is 0.965. The molecule has 0 aliphatic rings. The molecule has 0 saturated heterocycles. The lowest BCUT2D eigenvalue weighted by Gasteiger charge is -1.95. The average Bonchev–Trinajstić information content (AvgIpc) is 3.27. The number of unbranched alkanes of at least 4 members (excludes halogenated alkanes) is 3. The second-order valence-corrected chi connectivity index (χ2v) is 8.34. The Morgan fingerprint density at radius 3 is 2.19 bits per heavy atom. The predicted molar refractivity (Wildman–Crippen MR) is 111 cm³/mol. The van der Waals surface area contributed by atoms with Gasteiger partial charge >= 0.3 is 0 Å². The molecule has 0 saturated carbocycles. The molecule has 0 spiro atoms. The minimum absolute atomic E-state index is 0.965. The van der Waals surface area contributed by atoms with Crippen LogP contribution in [-0.4, -0.2) is 0 Å². The molecule has 3 heterocycles. The zero-order chi connectivity index (χ0) is 17.7. The summed E-state index contributed by atoms with van der Waals surface area (Å²) >= 11 is 1.81. The van der Waals surface area contributed by atoms with Crippen molar-refractivity contribution in [2.45, 2.75) is 46.0 Å². The summed E-state index contributed by atoms with van der Waals surface area (Å²) in [5, 5.41) is 5.02. The predicted octanol–water partition coefficient (Wildman–Crippen LogP) is 7.98. The van der Waals surface area contributed by atoms with E-state index in [2.05, 4.69) is 43.3 Å². The van der Waals surface area contributed by atoms with Gasteiger partial charge in [-0.3, -0.25) is 0 Å². The van der Waals surface area contributed by atoms with E-state index in [1.807, 2.05) is 18.3 Å². The molecule has 3 aromatic heterocycles. The van der Waals surface area contributed by atoms with E-state index in [4.69, 9.17) is 8.83 Å². The van der Waals surface area contributed by atoms with Gasteiger partial charge in [0.25, 0.3) is 0 Å². The van der Waals surface area contributed by atoms with Gasteiger partial charge < -0.3 is 8.83 Å². The molecular weight excluding hydrogens is 340 g/mol. The maximum Gasteiger partial charge on any atom is 0.135 e. The number of benzene rings is 2. The van der Waals surface area contributed by atoms with Crippen molar-refractivity contribution < 1.29 is 8.83 Å². The van der Waals surface area contributed by atoms with Crippen molar-refractivity contribution in [2.24, 2.45) is 0 Å². The third-order valence-corrected chi connectivity index (χ3v) is 6.31. The van der Waals surface area contributed by atoms with E-state index in [0.717, 1.165) is 29.1 Å². The zero-order valence-corrected chi connectivity index (χ0v) is 16.0. The molecule has 0 fully saturated rings. The first-order valence-electron chi connectivity index (χ1n) is 9.50. The molecule has 5 rings (SSSR count). The van der Waals surface area contributed by atoms with E-state index in [1.165, 1.54) is 56.6 Å². The van der Waals surface area contributed by atoms with Gasteiger partial charge in [0, 0.05) is 37.4 Å². The molecule has 0 atom stereocenters. The normalized spacial score (nSPS) is 12.2. The molecule has 0 aliphatic heterocycles. The fraction of sp³-hybridized carbons (Fsp3) is 0.304. The highest BCUT2D eigenvalue weighted by atomic mass is 32.1. The van der Waals surface area contributed by atoms with Gasteiger partial charge in [0.1, 0.15) is 22.7 Å². The lowest BCUT2D eigenvalue weighted by atomic mass is 10.1. The monoisotopic (exact) mass is 362 g/mol. The van der Waals surface area contributed by atoms with Gasteiger partial charge in [-0.1, -0.05) is 26.2 Å². The quantitative estimate of drug-likeness (QED) is 0.296. The van der Waals surface area contributed by atoms with E-state index in [1.54, 1.807) is 0 Å². The summed E-state index contributed by atoms with van der Waals surface area (Å²) in [4.78, 5) is 0. The second-order valence-electron chi connectivity index (χ2n) is 7.25. The Balaban J connectivity index is 1.59. The molecule has 26 heavy (non-hydrogen) atoms. The summed E-state index contributed by atoms with van der Waals surface area (Å²) < 4.78 is 14.5. The third kappa shape index (κ3) is 2.62. The Labute approximate surface area is 156 Å². The fourth-order valence-corrected chi connectivity index (χ4v) is 5.01. The molecule has 0 unspecified atom stereocenters. The van der Waals surface area contributed by atoms with Crippen LogP contribution in [0.3, 0.4) is 0 Å². The van der Waals surface area contributed by atoms with Crippen LogP contribution in [-0.2, 0) is 6.42 Å². The highest BCUT2D eigenvalue weighted by Gasteiger charge is 2.12. The second kappa shape index (κ2) is 6.17. The van der Waals surface area contributed by atoms with E-state index in [0.29, 0.717) is 0 Å². The number of furan rings is 2. The molecule has 0 amide bonds. The van der Waals surface area contributed by atoms with Crippen molar-refractivity contribution in [1.29, 1.82) is 0 Å². The Morgan fingerprint density at radius 2 is 1.46 bits per heavy atom. The van der Waals surface area contributed by atoms with Gasteiger partial charge in [0.05, 0.1) is 0 Å². The highest BCUT2D eigenvalue weighted by Crippen LogP contribution is 2.39. The van der Waals surface area contributed by atoms with Crippen molar-refractivity contribution in [2.75, 3.05) is 0 Å². The molecule has 0 aliphatic carbocycles. The van der Waals surface area contributed by atoms with Gasteiger partial charge in [0.15, 0.2) is 0 Å². The highest BCUT2D eigenvalue weighted by molar-refractivity contribution is 7.26. The molecule has 132 valence electrons. The van der Waals surface area contributed by atoms with E-state index < -0.39 is 0 Å². The van der Waals surface area contributed by atoms with Gasteiger partial charge in [-0.05, 0) is 49.7 Å². The largest absolute Gasteiger partial charge is 0.461 e. The van der Waals surface area contributed by atoms with Crippen LogP contribution in [0.1, 0.15) is 44.1 Å². The average molecular weight is 362 g/mol. The summed E-state index contributed by atoms with van der Waals surface area (Å²) in [6.45, 7) is 4.25. The molecule has 5 aromatic rings. The summed E-state index contributed by atoms with van der Waals surface area (Å²) in [5.74, 6) is 2.08. The SMILES string of the molecule is CCCCCCc1cc2cc3c(cc2o1)sc1cc2oc(C)cc2cc13. The maximum atomic E-state index is 6.12. The third-order valence-electron chi connectivity index (χ3n) is 5.20. The fourth-order valence-electron chi connectivity index (χ4n) is 3.88. The van der Waals surface area contributed by atoms with Crippen LogP contribution in [0.4, 0.5) is 0 Å². The summed E-state index contributed by atoms with van der Waals surface area (Å²) in [6, 6.07) is 13.3. The van der Waals surface area contributed by atoms with Crippen molar-refractivity contribution in [3.63, 3.8) is 0 Å². The first kappa shape index (κ1) is 16.0. The molecule has 0 radical (unpaired) electrons. The van der Waals surface area contributed by atoms with Crippen molar-refractivity contribution in [3.05, 3.63) is 47.9 Å². The number of fused-ring (bicyclic) bond motifs is 5. The summed E-state index contributed by atoms with van der Waals surface area (Å²) in [5.41, 5.74) is 1.98. The summed E-state index contributed by atoms with van der Waals surface area (Å²) in [6.07, 6.45) is 6.12. The first-order valence-corrected chi connectivity index (χ1v) is 10.3. The molecule has 0 N–H and O–H groups in total. The lowest BCUT2D eigenvalue weighted by molar-refractivity contribution is 0.527. The standard InChI is InChI=1S/C23H22O2S/c1-3-4-5-6-7-17-9-16-11-19-18-10-15-8-14(2)24-20(15)12-22(18)26-23(19)13-21(16)25-17/h8-13H,3-7H2,1-2H3. The molecular formula is C23H22O2S. The lowest BCUT2D eigenvalue weighted by Crippen LogP contribution is -1.81. The minimum Gasteiger partial charge on any atom is -0.461 e. The molecule has 2 nitrogen and oxygen atoms in total. The van der Waals surface area contributed by atoms with Crippen LogP contribution >= 0.6 is 11.3 Å². The Bertz CT molecular complexity index is 1240. The van der Waals surface area contributed by atoms with Gasteiger partial charge in [-0.2, -0.15) is 0 Å². The van der Waals surface area contributed by atoms with Gasteiger partial charge in [0.2, 0.25) is 0 Å². The van der Waals surface area contributed by atoms with Crippen LogP contribution in [0, 0.1) is 6.92 Å². The van der Waals surface area contributed by atoms with Crippen LogP contribution in [0.25, 0.3) is 42.1 Å². The van der Waals surface area contributed by atoms with Crippen LogP contribution in [0.5, 0.6) is 0 Å². The van der Waals surface area contributed by atoms with Crippen LogP contribution < -0.4 is 0 Å². The number of hydrogen-bond acceptors (Lipinski definition) is 3. The topological polar surface area (TPSA) is 26.3 Å². The smallest absolute Gasteiger partial charge is 0.135 e. The molecule has 0 bridgehead atoms.